The summed E-state index contributed by atoms with van der Waals surface area (Å²) in [6.07, 6.45) is 3.33. The summed E-state index contributed by atoms with van der Waals surface area (Å²) in [6, 6.07) is 9.43. The Balaban J connectivity index is 1.66. The molecule has 2 heterocycles. The SMILES string of the molecule is COC(=O)C1C=[N+](c2ccc3c(c2)n(C)c(=O)n3C)C(=O)N(C2CCCc3c(Cl)cccc32)C1=O. The van der Waals surface area contributed by atoms with Crippen molar-refractivity contribution in [3.8, 4) is 0 Å². The molecule has 1 aromatic heterocycles. The summed E-state index contributed by atoms with van der Waals surface area (Å²) in [5.74, 6) is -2.69. The van der Waals surface area contributed by atoms with Crippen molar-refractivity contribution in [1.82, 2.24) is 14.0 Å². The van der Waals surface area contributed by atoms with Gasteiger partial charge in [0.15, 0.2) is 0 Å². The van der Waals surface area contributed by atoms with Crippen LogP contribution in [0.3, 0.4) is 0 Å². The van der Waals surface area contributed by atoms with Gasteiger partial charge in [-0.3, -0.25) is 13.9 Å². The lowest BCUT2D eigenvalue weighted by molar-refractivity contribution is -0.346. The number of imide groups is 1. The van der Waals surface area contributed by atoms with Crippen LogP contribution in [-0.4, -0.2) is 49.8 Å². The van der Waals surface area contributed by atoms with Crippen molar-refractivity contribution in [3.05, 3.63) is 63.0 Å². The second-order valence-corrected chi connectivity index (χ2v) is 9.21. The number of esters is 1. The molecule has 2 aliphatic rings. The van der Waals surface area contributed by atoms with Crippen LogP contribution in [0.1, 0.15) is 30.0 Å². The van der Waals surface area contributed by atoms with Crippen molar-refractivity contribution >= 4 is 52.4 Å². The smallest absolute Gasteiger partial charge is 0.468 e. The van der Waals surface area contributed by atoms with E-state index in [1.807, 2.05) is 6.07 Å². The van der Waals surface area contributed by atoms with Gasteiger partial charge in [0.1, 0.15) is 17.9 Å². The molecule has 0 saturated carbocycles. The monoisotopic (exact) mass is 495 g/mol. The fourth-order valence-corrected chi connectivity index (χ4v) is 5.38. The van der Waals surface area contributed by atoms with Crippen molar-refractivity contribution in [2.75, 3.05) is 7.11 Å². The van der Waals surface area contributed by atoms with E-state index < -0.39 is 29.9 Å². The normalized spacial score (nSPS) is 20.1. The van der Waals surface area contributed by atoms with Crippen molar-refractivity contribution in [1.29, 1.82) is 0 Å². The third-order valence-electron chi connectivity index (χ3n) is 6.93. The van der Waals surface area contributed by atoms with Crippen LogP contribution < -0.4 is 5.69 Å². The van der Waals surface area contributed by atoms with Gasteiger partial charge in [-0.05, 0) is 43.0 Å². The number of urea groups is 1. The van der Waals surface area contributed by atoms with E-state index in [-0.39, 0.29) is 5.69 Å². The Morgan fingerprint density at radius 3 is 2.57 bits per heavy atom. The van der Waals surface area contributed by atoms with Crippen molar-refractivity contribution in [2.24, 2.45) is 20.0 Å². The van der Waals surface area contributed by atoms with Crippen LogP contribution in [0.5, 0.6) is 0 Å². The summed E-state index contributed by atoms with van der Waals surface area (Å²) in [4.78, 5) is 53.4. The van der Waals surface area contributed by atoms with Gasteiger partial charge in [-0.15, -0.1) is 0 Å². The topological polar surface area (TPSA) is 93.6 Å². The fourth-order valence-electron chi connectivity index (χ4n) is 5.10. The van der Waals surface area contributed by atoms with Crippen molar-refractivity contribution < 1.29 is 23.7 Å². The van der Waals surface area contributed by atoms with Gasteiger partial charge < -0.3 is 4.74 Å². The number of hydrogen-bond donors (Lipinski definition) is 0. The number of methoxy groups -OCH3 is 1. The number of aryl methyl sites for hydroxylation is 2. The van der Waals surface area contributed by atoms with E-state index in [9.17, 15) is 19.2 Å². The standard InChI is InChI=1S/C25H24ClN4O5/c1-27-20-11-10-14(12-21(20)28(2)24(27)33)29-13-17(23(32)35-3)22(31)30(25(29)34)19-9-5-6-15-16(19)7-4-8-18(15)26/h4,7-8,10-13,17,19H,5-6,9H2,1-3H3/q+1. The molecule has 5 rings (SSSR count). The highest BCUT2D eigenvalue weighted by atomic mass is 35.5. The number of amides is 3. The highest BCUT2D eigenvalue weighted by Crippen LogP contribution is 2.39. The Morgan fingerprint density at radius 2 is 1.83 bits per heavy atom. The quantitative estimate of drug-likeness (QED) is 0.316. The minimum Gasteiger partial charge on any atom is -0.468 e. The zero-order valence-corrected chi connectivity index (χ0v) is 20.3. The number of hydrogen-bond acceptors (Lipinski definition) is 5. The maximum Gasteiger partial charge on any atom is 0.506 e. The highest BCUT2D eigenvalue weighted by molar-refractivity contribution is 6.31. The molecule has 0 bridgehead atoms. The molecule has 1 aliphatic heterocycles. The molecule has 180 valence electrons. The summed E-state index contributed by atoms with van der Waals surface area (Å²) in [7, 11) is 4.52. The number of fused-ring (bicyclic) bond motifs is 2. The number of carbonyl (C=O) groups excluding carboxylic acids is 3. The molecule has 2 atom stereocenters. The fraction of sp³-hybridized carbons (Fsp3) is 0.320. The first-order chi connectivity index (χ1) is 16.7. The lowest BCUT2D eigenvalue weighted by Gasteiger charge is -2.32. The maximum atomic E-state index is 13.8. The predicted octanol–water partition coefficient (Wildman–Crippen LogP) is 3.07. The molecular weight excluding hydrogens is 472 g/mol. The van der Waals surface area contributed by atoms with Crippen LogP contribution in [0.4, 0.5) is 10.5 Å². The Labute approximate surface area is 205 Å². The van der Waals surface area contributed by atoms with Gasteiger partial charge in [0.2, 0.25) is 5.92 Å². The third-order valence-corrected chi connectivity index (χ3v) is 7.29. The average Bonchev–Trinajstić information content (AvgIpc) is 3.07. The molecule has 0 spiro atoms. The summed E-state index contributed by atoms with van der Waals surface area (Å²) in [5, 5.41) is 0.590. The number of benzene rings is 2. The van der Waals surface area contributed by atoms with Crippen molar-refractivity contribution in [2.45, 2.75) is 25.3 Å². The van der Waals surface area contributed by atoms with Gasteiger partial charge in [0.05, 0.1) is 18.1 Å². The largest absolute Gasteiger partial charge is 0.506 e. The van der Waals surface area contributed by atoms with E-state index >= 15 is 0 Å². The number of imidazole rings is 1. The summed E-state index contributed by atoms with van der Waals surface area (Å²) in [5.41, 5.74) is 3.24. The summed E-state index contributed by atoms with van der Waals surface area (Å²) >= 11 is 6.42. The van der Waals surface area contributed by atoms with Gasteiger partial charge in [-0.1, -0.05) is 23.7 Å². The van der Waals surface area contributed by atoms with Crippen molar-refractivity contribution in [3.63, 3.8) is 0 Å². The Hall–Kier alpha value is -3.72. The van der Waals surface area contributed by atoms with Crippen LogP contribution in [0.25, 0.3) is 11.0 Å². The van der Waals surface area contributed by atoms with E-state index in [1.54, 1.807) is 44.4 Å². The van der Waals surface area contributed by atoms with Gasteiger partial charge in [0, 0.05) is 30.7 Å². The minimum atomic E-state index is -1.29. The molecule has 3 aromatic rings. The lowest BCUT2D eigenvalue weighted by atomic mass is 9.86. The molecule has 0 saturated heterocycles. The molecule has 1 aliphatic carbocycles. The highest BCUT2D eigenvalue weighted by Gasteiger charge is 2.52. The van der Waals surface area contributed by atoms with Gasteiger partial charge in [0.25, 0.3) is 0 Å². The Morgan fingerprint density at radius 1 is 1.09 bits per heavy atom. The average molecular weight is 496 g/mol. The third kappa shape index (κ3) is 3.49. The van der Waals surface area contributed by atoms with Crippen LogP contribution in [0, 0.1) is 5.92 Å². The molecule has 0 N–H and O–H groups in total. The first-order valence-electron chi connectivity index (χ1n) is 11.3. The molecule has 3 amide bonds. The molecule has 35 heavy (non-hydrogen) atoms. The number of halogens is 1. The van der Waals surface area contributed by atoms with E-state index in [2.05, 4.69) is 0 Å². The number of aromatic nitrogens is 2. The first-order valence-corrected chi connectivity index (χ1v) is 11.6. The second kappa shape index (κ2) is 8.49. The molecular formula is C25H24ClN4O5+. The molecule has 0 fully saturated rings. The van der Waals surface area contributed by atoms with Gasteiger partial charge in [-0.25, -0.2) is 9.59 Å². The van der Waals surface area contributed by atoms with E-state index in [4.69, 9.17) is 16.3 Å². The maximum absolute atomic E-state index is 13.8. The summed E-state index contributed by atoms with van der Waals surface area (Å²) < 4.78 is 9.17. The zero-order valence-electron chi connectivity index (χ0n) is 19.5. The number of ether oxygens (including phenoxy) is 1. The molecule has 10 heteroatoms. The molecule has 2 unspecified atom stereocenters. The van der Waals surface area contributed by atoms with E-state index in [1.165, 1.54) is 27.0 Å². The second-order valence-electron chi connectivity index (χ2n) is 8.80. The van der Waals surface area contributed by atoms with Gasteiger partial charge >= 0.3 is 23.6 Å². The Kier molecular flexibility index (Phi) is 5.59. The van der Waals surface area contributed by atoms with E-state index in [0.717, 1.165) is 28.9 Å². The van der Waals surface area contributed by atoms with Gasteiger partial charge in [-0.2, -0.15) is 14.3 Å². The van der Waals surface area contributed by atoms with Crippen LogP contribution in [0.15, 0.2) is 41.2 Å². The molecule has 9 nitrogen and oxygen atoms in total. The lowest BCUT2D eigenvalue weighted by Crippen LogP contribution is -2.54. The van der Waals surface area contributed by atoms with E-state index in [0.29, 0.717) is 28.2 Å². The molecule has 0 radical (unpaired) electrons. The van der Waals surface area contributed by atoms with Crippen LogP contribution in [-0.2, 0) is 34.8 Å². The van der Waals surface area contributed by atoms with Crippen LogP contribution >= 0.6 is 11.6 Å². The number of carbonyl (C=O) groups is 3. The number of nitrogens with zero attached hydrogens (tertiary/aromatic N) is 4. The number of rotatable bonds is 3. The summed E-state index contributed by atoms with van der Waals surface area (Å²) in [6.45, 7) is 0. The zero-order chi connectivity index (χ0) is 25.0. The minimum absolute atomic E-state index is 0.203. The van der Waals surface area contributed by atoms with Crippen LogP contribution in [0.2, 0.25) is 5.02 Å². The predicted molar refractivity (Wildman–Crippen MR) is 129 cm³/mol. The Bertz CT molecular complexity index is 1500. The molecule has 2 aromatic carbocycles. The first kappa shape index (κ1) is 23.0.